The summed E-state index contributed by atoms with van der Waals surface area (Å²) in [5.41, 5.74) is 5.84. The molecule has 2 rings (SSSR count). The molecule has 0 aliphatic heterocycles. The number of aromatic nitrogens is 1. The summed E-state index contributed by atoms with van der Waals surface area (Å²) in [5.74, 6) is 0.0890. The number of carbonyl (C=O) groups excluding carboxylic acids is 1. The predicted octanol–water partition coefficient (Wildman–Crippen LogP) is 1.02. The second-order valence-electron chi connectivity index (χ2n) is 4.20. The maximum Gasteiger partial charge on any atom is 0.222 e. The van der Waals surface area contributed by atoms with E-state index in [0.29, 0.717) is 11.4 Å². The second kappa shape index (κ2) is 4.83. The van der Waals surface area contributed by atoms with Gasteiger partial charge in [-0.25, -0.2) is 4.98 Å². The van der Waals surface area contributed by atoms with Crippen LogP contribution in [-0.2, 0) is 4.79 Å². The highest BCUT2D eigenvalue weighted by Gasteiger charge is 2.31. The number of nitriles is 1. The van der Waals surface area contributed by atoms with Gasteiger partial charge >= 0.3 is 0 Å². The van der Waals surface area contributed by atoms with Crippen molar-refractivity contribution in [2.24, 2.45) is 11.7 Å². The number of nitrogens with one attached hydrogen (secondary N) is 1. The highest BCUT2D eigenvalue weighted by Crippen LogP contribution is 2.28. The van der Waals surface area contributed by atoms with Crippen LogP contribution >= 0.6 is 0 Å². The molecule has 0 unspecified atom stereocenters. The quantitative estimate of drug-likeness (QED) is 0.810. The summed E-state index contributed by atoms with van der Waals surface area (Å²) in [6.07, 6.45) is 4.29. The molecule has 1 amide bonds. The summed E-state index contributed by atoms with van der Waals surface area (Å²) in [5, 5.41) is 12.1. The van der Waals surface area contributed by atoms with E-state index in [9.17, 15) is 4.79 Å². The number of hydrogen-bond acceptors (Lipinski definition) is 4. The third-order valence-electron chi connectivity index (χ3n) is 3.13. The maximum atomic E-state index is 11.3. The Morgan fingerprint density at radius 3 is 3.12 bits per heavy atom. The van der Waals surface area contributed by atoms with E-state index in [1.54, 1.807) is 18.3 Å². The van der Waals surface area contributed by atoms with Crippen LogP contribution in [-0.4, -0.2) is 16.9 Å². The second-order valence-corrected chi connectivity index (χ2v) is 4.20. The molecule has 1 fully saturated rings. The molecule has 2 atom stereocenters. The fraction of sp³-hybridized carbons (Fsp3) is 0.417. The van der Waals surface area contributed by atoms with Gasteiger partial charge < -0.3 is 11.1 Å². The molecular formula is C12H14N4O. The van der Waals surface area contributed by atoms with Crippen molar-refractivity contribution < 1.29 is 4.79 Å². The van der Waals surface area contributed by atoms with Crippen LogP contribution in [0.1, 0.15) is 24.8 Å². The van der Waals surface area contributed by atoms with Crippen LogP contribution in [0.2, 0.25) is 0 Å². The Kier molecular flexibility index (Phi) is 3.24. The first-order valence-corrected chi connectivity index (χ1v) is 5.63. The summed E-state index contributed by atoms with van der Waals surface area (Å²) >= 11 is 0. The number of hydrogen-bond donors (Lipinski definition) is 2. The van der Waals surface area contributed by atoms with Crippen LogP contribution in [0.4, 0.5) is 5.82 Å². The van der Waals surface area contributed by atoms with Gasteiger partial charge in [0.1, 0.15) is 11.9 Å². The lowest BCUT2D eigenvalue weighted by Gasteiger charge is -2.19. The van der Waals surface area contributed by atoms with Crippen molar-refractivity contribution in [3.05, 3.63) is 23.9 Å². The van der Waals surface area contributed by atoms with E-state index in [4.69, 9.17) is 11.0 Å². The van der Waals surface area contributed by atoms with Gasteiger partial charge in [0, 0.05) is 12.2 Å². The number of nitrogens with zero attached hydrogens (tertiary/aromatic N) is 2. The van der Waals surface area contributed by atoms with Crippen molar-refractivity contribution >= 4 is 11.7 Å². The van der Waals surface area contributed by atoms with E-state index in [2.05, 4.69) is 16.4 Å². The molecule has 0 aromatic carbocycles. The van der Waals surface area contributed by atoms with Crippen molar-refractivity contribution in [3.63, 3.8) is 0 Å². The molecular weight excluding hydrogens is 216 g/mol. The van der Waals surface area contributed by atoms with E-state index < -0.39 is 0 Å². The molecule has 0 bridgehead atoms. The molecule has 0 saturated heterocycles. The molecule has 1 aliphatic carbocycles. The lowest BCUT2D eigenvalue weighted by molar-refractivity contribution is -0.121. The fourth-order valence-corrected chi connectivity index (χ4v) is 2.26. The summed E-state index contributed by atoms with van der Waals surface area (Å²) in [6.45, 7) is 0. The standard InChI is InChI=1S/C12H14N4O/c13-7-8-3-2-6-15-12(8)16-10-5-1-4-9(10)11(14)17/h2-3,6,9-10H,1,4-5H2,(H2,14,17)(H,15,16)/t9-,10-/m0/s1. The van der Waals surface area contributed by atoms with Crippen LogP contribution in [0.25, 0.3) is 0 Å². The number of amides is 1. The molecule has 88 valence electrons. The van der Waals surface area contributed by atoms with Crippen LogP contribution in [0.15, 0.2) is 18.3 Å². The van der Waals surface area contributed by atoms with Gasteiger partial charge in [0.15, 0.2) is 0 Å². The van der Waals surface area contributed by atoms with Crippen molar-refractivity contribution in [3.8, 4) is 6.07 Å². The Labute approximate surface area is 99.6 Å². The van der Waals surface area contributed by atoms with Gasteiger partial charge in [-0.1, -0.05) is 6.42 Å². The summed E-state index contributed by atoms with van der Waals surface area (Å²) in [7, 11) is 0. The summed E-state index contributed by atoms with van der Waals surface area (Å²) in [6, 6.07) is 5.48. The highest BCUT2D eigenvalue weighted by atomic mass is 16.1. The molecule has 1 aliphatic rings. The van der Waals surface area contributed by atoms with Crippen molar-refractivity contribution in [1.29, 1.82) is 5.26 Å². The lowest BCUT2D eigenvalue weighted by atomic mass is 10.0. The third-order valence-corrected chi connectivity index (χ3v) is 3.13. The fourth-order valence-electron chi connectivity index (χ4n) is 2.26. The smallest absolute Gasteiger partial charge is 0.222 e. The van der Waals surface area contributed by atoms with Crippen LogP contribution in [0.5, 0.6) is 0 Å². The van der Waals surface area contributed by atoms with Gasteiger partial charge in [0.05, 0.1) is 11.5 Å². The zero-order valence-corrected chi connectivity index (χ0v) is 9.39. The molecule has 5 heteroatoms. The molecule has 1 saturated carbocycles. The van der Waals surface area contributed by atoms with Gasteiger partial charge in [-0.05, 0) is 25.0 Å². The summed E-state index contributed by atoms with van der Waals surface area (Å²) < 4.78 is 0. The average Bonchev–Trinajstić information content (AvgIpc) is 2.78. The first-order chi connectivity index (χ1) is 8.22. The van der Waals surface area contributed by atoms with E-state index >= 15 is 0 Å². The topological polar surface area (TPSA) is 91.8 Å². The molecule has 5 nitrogen and oxygen atoms in total. The number of pyridine rings is 1. The van der Waals surface area contributed by atoms with Crippen LogP contribution in [0, 0.1) is 17.2 Å². The maximum absolute atomic E-state index is 11.3. The average molecular weight is 230 g/mol. The first kappa shape index (κ1) is 11.4. The van der Waals surface area contributed by atoms with Gasteiger partial charge in [-0.2, -0.15) is 5.26 Å². The molecule has 17 heavy (non-hydrogen) atoms. The zero-order chi connectivity index (χ0) is 12.3. The normalized spacial score (nSPS) is 23.0. The van der Waals surface area contributed by atoms with Crippen LogP contribution in [0.3, 0.4) is 0 Å². The minimum Gasteiger partial charge on any atom is -0.369 e. The van der Waals surface area contributed by atoms with Gasteiger partial charge in [0.25, 0.3) is 0 Å². The van der Waals surface area contributed by atoms with E-state index in [0.717, 1.165) is 19.3 Å². The minimum absolute atomic E-state index is 0.00509. The SMILES string of the molecule is N#Cc1cccnc1N[C@H]1CCC[C@@H]1C(N)=O. The predicted molar refractivity (Wildman–Crippen MR) is 62.9 cm³/mol. The molecule has 1 aromatic rings. The Morgan fingerprint density at radius 1 is 1.59 bits per heavy atom. The van der Waals surface area contributed by atoms with Gasteiger partial charge in [-0.15, -0.1) is 0 Å². The Hall–Kier alpha value is -2.09. The number of primary amides is 1. The minimum atomic E-state index is -0.283. The highest BCUT2D eigenvalue weighted by molar-refractivity contribution is 5.78. The first-order valence-electron chi connectivity index (χ1n) is 5.63. The number of carbonyl (C=O) groups is 1. The number of nitrogens with two attached hydrogens (primary N) is 1. The molecule has 0 spiro atoms. The lowest BCUT2D eigenvalue weighted by Crippen LogP contribution is -2.34. The number of rotatable bonds is 3. The zero-order valence-electron chi connectivity index (χ0n) is 9.39. The molecule has 3 N–H and O–H groups in total. The molecule has 0 radical (unpaired) electrons. The van der Waals surface area contributed by atoms with Gasteiger partial charge in [-0.3, -0.25) is 4.79 Å². The largest absolute Gasteiger partial charge is 0.369 e. The molecule has 1 aromatic heterocycles. The van der Waals surface area contributed by atoms with E-state index in [-0.39, 0.29) is 17.9 Å². The summed E-state index contributed by atoms with van der Waals surface area (Å²) in [4.78, 5) is 15.4. The molecule has 1 heterocycles. The third kappa shape index (κ3) is 2.36. The Balaban J connectivity index is 2.15. The van der Waals surface area contributed by atoms with E-state index in [1.807, 2.05) is 0 Å². The van der Waals surface area contributed by atoms with E-state index in [1.165, 1.54) is 0 Å². The van der Waals surface area contributed by atoms with Crippen molar-refractivity contribution in [2.75, 3.05) is 5.32 Å². The Bertz CT molecular complexity index is 466. The monoisotopic (exact) mass is 230 g/mol. The van der Waals surface area contributed by atoms with Crippen molar-refractivity contribution in [1.82, 2.24) is 4.98 Å². The number of anilines is 1. The van der Waals surface area contributed by atoms with Crippen molar-refractivity contribution in [2.45, 2.75) is 25.3 Å². The van der Waals surface area contributed by atoms with Gasteiger partial charge in [0.2, 0.25) is 5.91 Å². The van der Waals surface area contributed by atoms with Crippen LogP contribution < -0.4 is 11.1 Å². The Morgan fingerprint density at radius 2 is 2.41 bits per heavy atom.